The Morgan fingerprint density at radius 2 is 2.38 bits per heavy atom. The van der Waals surface area contributed by atoms with Gasteiger partial charge >= 0.3 is 5.97 Å². The van der Waals surface area contributed by atoms with Crippen LogP contribution in [0.5, 0.6) is 0 Å². The summed E-state index contributed by atoms with van der Waals surface area (Å²) >= 11 is 0. The number of carboxylic acid groups (broad SMARTS) is 1. The monoisotopic (exact) mass is 230 g/mol. The van der Waals surface area contributed by atoms with E-state index in [9.17, 15) is 4.79 Å². The number of carboxylic acids is 1. The molecular weight excluding hydrogens is 208 g/mol. The van der Waals surface area contributed by atoms with Crippen molar-refractivity contribution in [2.45, 2.75) is 31.9 Å². The second kappa shape index (κ2) is 6.18. The van der Waals surface area contributed by atoms with Crippen molar-refractivity contribution in [1.29, 1.82) is 0 Å². The van der Waals surface area contributed by atoms with Gasteiger partial charge < -0.3 is 15.6 Å². The number of nitrogens with two attached hydrogens (primary N) is 1. The lowest BCUT2D eigenvalue weighted by Crippen LogP contribution is -2.50. The quantitative estimate of drug-likeness (QED) is 0.703. The van der Waals surface area contributed by atoms with Crippen molar-refractivity contribution >= 4 is 5.97 Å². The molecule has 5 nitrogen and oxygen atoms in total. The molecule has 0 radical (unpaired) electrons. The maximum absolute atomic E-state index is 10.8. The van der Waals surface area contributed by atoms with Crippen LogP contribution in [0.3, 0.4) is 0 Å². The second-order valence-electron chi connectivity index (χ2n) is 4.51. The van der Waals surface area contributed by atoms with E-state index in [0.29, 0.717) is 13.1 Å². The van der Waals surface area contributed by atoms with Crippen LogP contribution < -0.4 is 5.73 Å². The first kappa shape index (κ1) is 13.4. The van der Waals surface area contributed by atoms with Crippen LogP contribution in [0.1, 0.15) is 19.8 Å². The number of nitrogens with zero attached hydrogens (tertiary/aromatic N) is 1. The van der Waals surface area contributed by atoms with E-state index in [2.05, 4.69) is 4.90 Å². The Labute approximate surface area is 96.6 Å². The third-order valence-corrected chi connectivity index (χ3v) is 3.33. The summed E-state index contributed by atoms with van der Waals surface area (Å²) in [6, 6.07) is 0.250. The molecule has 1 saturated heterocycles. The summed E-state index contributed by atoms with van der Waals surface area (Å²) < 4.78 is 5.33. The fourth-order valence-electron chi connectivity index (χ4n) is 2.19. The van der Waals surface area contributed by atoms with Crippen molar-refractivity contribution < 1.29 is 14.6 Å². The highest BCUT2D eigenvalue weighted by Gasteiger charge is 2.29. The first-order valence-corrected chi connectivity index (χ1v) is 5.78. The van der Waals surface area contributed by atoms with Crippen molar-refractivity contribution in [3.05, 3.63) is 0 Å². The number of piperidine rings is 1. The topological polar surface area (TPSA) is 75.8 Å². The van der Waals surface area contributed by atoms with Crippen LogP contribution in [-0.4, -0.2) is 54.9 Å². The number of hydrogen-bond donors (Lipinski definition) is 2. The van der Waals surface area contributed by atoms with Crippen LogP contribution in [-0.2, 0) is 9.53 Å². The Kier molecular flexibility index (Phi) is 5.18. The standard InChI is InChI=1S/C11H22N2O3/c1-8(11(14)15)7-13-4-3-10(16-2)5-9(13)6-12/h8-10H,3-7,12H2,1-2H3,(H,14,15). The van der Waals surface area contributed by atoms with Crippen molar-refractivity contribution in [2.75, 3.05) is 26.7 Å². The number of ether oxygens (including phenoxy) is 1. The normalized spacial score (nSPS) is 28.9. The molecule has 0 aromatic rings. The van der Waals surface area contributed by atoms with Crippen LogP contribution >= 0.6 is 0 Å². The molecule has 0 aromatic heterocycles. The highest BCUT2D eigenvalue weighted by molar-refractivity contribution is 5.69. The molecule has 0 aromatic carbocycles. The van der Waals surface area contributed by atoms with E-state index in [-0.39, 0.29) is 18.1 Å². The Bertz CT molecular complexity index is 235. The van der Waals surface area contributed by atoms with Crippen molar-refractivity contribution in [3.8, 4) is 0 Å². The number of carbonyl (C=O) groups is 1. The van der Waals surface area contributed by atoms with Gasteiger partial charge in [-0.05, 0) is 12.8 Å². The second-order valence-corrected chi connectivity index (χ2v) is 4.51. The average molecular weight is 230 g/mol. The SMILES string of the molecule is COC1CCN(CC(C)C(=O)O)C(CN)C1. The molecule has 1 fully saturated rings. The molecule has 0 aliphatic carbocycles. The largest absolute Gasteiger partial charge is 0.481 e. The Morgan fingerprint density at radius 1 is 1.69 bits per heavy atom. The zero-order chi connectivity index (χ0) is 12.1. The zero-order valence-corrected chi connectivity index (χ0v) is 10.1. The third-order valence-electron chi connectivity index (χ3n) is 3.33. The van der Waals surface area contributed by atoms with Crippen LogP contribution in [0.2, 0.25) is 0 Å². The maximum Gasteiger partial charge on any atom is 0.307 e. The number of likely N-dealkylation sites (tertiary alicyclic amines) is 1. The summed E-state index contributed by atoms with van der Waals surface area (Å²) in [6.07, 6.45) is 2.13. The lowest BCUT2D eigenvalue weighted by atomic mass is 9.98. The van der Waals surface area contributed by atoms with E-state index in [1.54, 1.807) is 14.0 Å². The average Bonchev–Trinajstić information content (AvgIpc) is 2.29. The summed E-state index contributed by atoms with van der Waals surface area (Å²) in [6.45, 7) is 3.75. The van der Waals surface area contributed by atoms with Gasteiger partial charge in [-0.15, -0.1) is 0 Å². The van der Waals surface area contributed by atoms with Gasteiger partial charge in [-0.25, -0.2) is 0 Å². The van der Waals surface area contributed by atoms with Gasteiger partial charge in [0.05, 0.1) is 12.0 Å². The fraction of sp³-hybridized carbons (Fsp3) is 0.909. The smallest absolute Gasteiger partial charge is 0.307 e. The molecule has 5 heteroatoms. The summed E-state index contributed by atoms with van der Waals surface area (Å²) in [4.78, 5) is 13.0. The summed E-state index contributed by atoms with van der Waals surface area (Å²) in [7, 11) is 1.72. The molecule has 1 heterocycles. The Hall–Kier alpha value is -0.650. The van der Waals surface area contributed by atoms with Gasteiger partial charge in [0.25, 0.3) is 0 Å². The molecular formula is C11H22N2O3. The molecule has 94 valence electrons. The van der Waals surface area contributed by atoms with Crippen LogP contribution in [0, 0.1) is 5.92 Å². The molecule has 0 saturated carbocycles. The molecule has 0 amide bonds. The van der Waals surface area contributed by atoms with Crippen molar-refractivity contribution in [1.82, 2.24) is 4.90 Å². The summed E-state index contributed by atoms with van der Waals surface area (Å²) in [5.74, 6) is -1.09. The van der Waals surface area contributed by atoms with E-state index < -0.39 is 5.97 Å². The Morgan fingerprint density at radius 3 is 2.88 bits per heavy atom. The van der Waals surface area contributed by atoms with E-state index in [1.807, 2.05) is 0 Å². The Balaban J connectivity index is 2.50. The summed E-state index contributed by atoms with van der Waals surface area (Å²) in [5, 5.41) is 8.89. The van der Waals surface area contributed by atoms with E-state index in [4.69, 9.17) is 15.6 Å². The minimum atomic E-state index is -0.746. The van der Waals surface area contributed by atoms with Crippen LogP contribution in [0.4, 0.5) is 0 Å². The minimum Gasteiger partial charge on any atom is -0.481 e. The fourth-order valence-corrected chi connectivity index (χ4v) is 2.19. The predicted molar refractivity (Wildman–Crippen MR) is 61.2 cm³/mol. The first-order valence-electron chi connectivity index (χ1n) is 5.78. The van der Waals surface area contributed by atoms with Gasteiger partial charge in [-0.2, -0.15) is 0 Å². The van der Waals surface area contributed by atoms with E-state index >= 15 is 0 Å². The minimum absolute atomic E-state index is 0.250. The highest BCUT2D eigenvalue weighted by atomic mass is 16.5. The number of rotatable bonds is 5. The molecule has 3 unspecified atom stereocenters. The molecule has 16 heavy (non-hydrogen) atoms. The van der Waals surface area contributed by atoms with Gasteiger partial charge in [-0.3, -0.25) is 9.69 Å². The van der Waals surface area contributed by atoms with Gasteiger partial charge in [0.1, 0.15) is 0 Å². The number of aliphatic carboxylic acids is 1. The lowest BCUT2D eigenvalue weighted by molar-refractivity contribution is -0.142. The predicted octanol–water partition coefficient (Wildman–Crippen LogP) is 0.145. The van der Waals surface area contributed by atoms with E-state index in [1.165, 1.54) is 0 Å². The summed E-state index contributed by atoms with van der Waals surface area (Å²) in [5.41, 5.74) is 5.72. The molecule has 1 rings (SSSR count). The maximum atomic E-state index is 10.8. The van der Waals surface area contributed by atoms with E-state index in [0.717, 1.165) is 19.4 Å². The molecule has 3 atom stereocenters. The van der Waals surface area contributed by atoms with Gasteiger partial charge in [0.15, 0.2) is 0 Å². The molecule has 0 spiro atoms. The molecule has 1 aliphatic heterocycles. The zero-order valence-electron chi connectivity index (χ0n) is 10.1. The first-order chi connectivity index (χ1) is 7.58. The molecule has 3 N–H and O–H groups in total. The van der Waals surface area contributed by atoms with Gasteiger partial charge in [0.2, 0.25) is 0 Å². The van der Waals surface area contributed by atoms with Crippen molar-refractivity contribution in [3.63, 3.8) is 0 Å². The number of hydrogen-bond acceptors (Lipinski definition) is 4. The molecule has 1 aliphatic rings. The number of methoxy groups -OCH3 is 1. The van der Waals surface area contributed by atoms with Crippen molar-refractivity contribution in [2.24, 2.45) is 11.7 Å². The van der Waals surface area contributed by atoms with Crippen LogP contribution in [0.25, 0.3) is 0 Å². The van der Waals surface area contributed by atoms with Gasteiger partial charge in [-0.1, -0.05) is 6.92 Å². The molecule has 0 bridgehead atoms. The highest BCUT2D eigenvalue weighted by Crippen LogP contribution is 2.20. The lowest BCUT2D eigenvalue weighted by Gasteiger charge is -2.39. The van der Waals surface area contributed by atoms with Crippen LogP contribution in [0.15, 0.2) is 0 Å². The third kappa shape index (κ3) is 3.43. The van der Waals surface area contributed by atoms with Gasteiger partial charge in [0, 0.05) is 32.8 Å².